The van der Waals surface area contributed by atoms with Crippen LogP contribution in [-0.2, 0) is 10.0 Å². The molecular weight excluding hydrogens is 453 g/mol. The highest BCUT2D eigenvalue weighted by molar-refractivity contribution is 7.90. The van der Waals surface area contributed by atoms with Crippen LogP contribution in [0.5, 0.6) is 0 Å². The molecule has 3 aromatic heterocycles. The topological polar surface area (TPSA) is 89.8 Å². The summed E-state index contributed by atoms with van der Waals surface area (Å²) in [5.74, 6) is 0.0493. The Hall–Kier alpha value is -4.11. The molecule has 0 radical (unpaired) electrons. The van der Waals surface area contributed by atoms with Crippen molar-refractivity contribution in [2.24, 2.45) is 0 Å². The van der Waals surface area contributed by atoms with E-state index in [0.29, 0.717) is 34.0 Å². The van der Waals surface area contributed by atoms with E-state index in [4.69, 9.17) is 0 Å². The fraction of sp³-hybridized carbons (Fsp3) is 0.0800. The lowest BCUT2D eigenvalue weighted by Gasteiger charge is -2.12. The molecule has 0 aliphatic heterocycles. The van der Waals surface area contributed by atoms with Crippen molar-refractivity contribution in [1.29, 1.82) is 0 Å². The number of hydrogen-bond donors (Lipinski definition) is 1. The lowest BCUT2D eigenvalue weighted by atomic mass is 10.2. The molecule has 0 bridgehead atoms. The summed E-state index contributed by atoms with van der Waals surface area (Å²) < 4.78 is 42.2. The first-order chi connectivity index (χ1) is 16.3. The summed E-state index contributed by atoms with van der Waals surface area (Å²) in [4.78, 5) is 13.0. The Labute approximate surface area is 196 Å². The summed E-state index contributed by atoms with van der Waals surface area (Å²) in [6, 6.07) is 20.5. The smallest absolute Gasteiger partial charge is 0.269 e. The molecule has 0 saturated carbocycles. The second-order valence-corrected chi connectivity index (χ2v) is 9.65. The van der Waals surface area contributed by atoms with E-state index in [0.717, 1.165) is 5.56 Å². The molecule has 0 aliphatic carbocycles. The van der Waals surface area contributed by atoms with Crippen molar-refractivity contribution in [2.75, 3.05) is 5.32 Å². The third kappa shape index (κ3) is 3.90. The number of halogens is 1. The minimum atomic E-state index is -3.94. The first kappa shape index (κ1) is 21.7. The molecule has 7 nitrogen and oxygen atoms in total. The minimum absolute atomic E-state index is 0.157. The average molecular weight is 474 g/mol. The van der Waals surface area contributed by atoms with Crippen LogP contribution >= 0.6 is 0 Å². The van der Waals surface area contributed by atoms with Gasteiger partial charge in [-0.15, -0.1) is 0 Å². The van der Waals surface area contributed by atoms with Gasteiger partial charge in [0.2, 0.25) is 5.95 Å². The van der Waals surface area contributed by atoms with Gasteiger partial charge in [0.25, 0.3) is 10.0 Å². The van der Waals surface area contributed by atoms with E-state index in [1.54, 1.807) is 43.3 Å². The summed E-state index contributed by atoms with van der Waals surface area (Å²) in [7, 11) is -3.94. The van der Waals surface area contributed by atoms with Crippen molar-refractivity contribution in [3.63, 3.8) is 0 Å². The maximum Gasteiger partial charge on any atom is 0.269 e. The Bertz CT molecular complexity index is 1620. The minimum Gasteiger partial charge on any atom is -0.339 e. The van der Waals surface area contributed by atoms with Crippen LogP contribution in [0.25, 0.3) is 22.4 Å². The van der Waals surface area contributed by atoms with Crippen LogP contribution in [0.2, 0.25) is 0 Å². The van der Waals surface area contributed by atoms with E-state index >= 15 is 0 Å². The Morgan fingerprint density at radius 1 is 0.912 bits per heavy atom. The van der Waals surface area contributed by atoms with Gasteiger partial charge in [0.1, 0.15) is 5.82 Å². The van der Waals surface area contributed by atoms with Gasteiger partial charge in [-0.05, 0) is 38.1 Å². The monoisotopic (exact) mass is 473 g/mol. The SMILES string of the molecule is Cc1ccc(S(=O)(=O)n2c(C)cc3c(Nc4ccnc(F)c4)nc(-c4ccccc4)nc32)cc1. The predicted molar refractivity (Wildman–Crippen MR) is 129 cm³/mol. The van der Waals surface area contributed by atoms with Crippen LogP contribution in [0.3, 0.4) is 0 Å². The van der Waals surface area contributed by atoms with Crippen molar-refractivity contribution in [3.05, 3.63) is 96.2 Å². The summed E-state index contributed by atoms with van der Waals surface area (Å²) in [6.45, 7) is 3.59. The fourth-order valence-corrected chi connectivity index (χ4v) is 5.22. The Kier molecular flexibility index (Phi) is 5.33. The molecule has 3 heterocycles. The zero-order valence-electron chi connectivity index (χ0n) is 18.4. The summed E-state index contributed by atoms with van der Waals surface area (Å²) in [5, 5.41) is 3.59. The van der Waals surface area contributed by atoms with Crippen molar-refractivity contribution in [3.8, 4) is 11.4 Å². The lowest BCUT2D eigenvalue weighted by molar-refractivity contribution is 0.584. The first-order valence-corrected chi connectivity index (χ1v) is 11.9. The number of nitrogens with zero attached hydrogens (tertiary/aromatic N) is 4. The van der Waals surface area contributed by atoms with Gasteiger partial charge in [-0.25, -0.2) is 27.3 Å². The molecule has 0 aliphatic rings. The molecule has 1 N–H and O–H groups in total. The second-order valence-electron chi connectivity index (χ2n) is 7.86. The summed E-state index contributed by atoms with van der Waals surface area (Å²) in [6.07, 6.45) is 1.34. The number of hydrogen-bond acceptors (Lipinski definition) is 6. The number of nitrogens with one attached hydrogen (secondary N) is 1. The lowest BCUT2D eigenvalue weighted by Crippen LogP contribution is -2.15. The van der Waals surface area contributed by atoms with Crippen molar-refractivity contribution in [2.45, 2.75) is 18.7 Å². The standard InChI is InChI=1S/C25H20FN5O2S/c1-16-8-10-20(11-9-16)34(32,33)31-17(2)14-21-24(28-19-12-13-27-22(26)15-19)29-23(30-25(21)31)18-6-4-3-5-7-18/h3-15H,1-2H3,(H,27,28,29,30). The van der Waals surface area contributed by atoms with E-state index in [-0.39, 0.29) is 10.5 Å². The quantitative estimate of drug-likeness (QED) is 0.352. The molecular formula is C25H20FN5O2S. The van der Waals surface area contributed by atoms with Crippen LogP contribution in [0.4, 0.5) is 15.9 Å². The predicted octanol–water partition coefficient (Wildman–Crippen LogP) is 5.23. The molecule has 5 aromatic rings. The van der Waals surface area contributed by atoms with E-state index < -0.39 is 16.0 Å². The number of fused-ring (bicyclic) bond motifs is 1. The van der Waals surface area contributed by atoms with Gasteiger partial charge in [0.15, 0.2) is 11.5 Å². The van der Waals surface area contributed by atoms with Gasteiger partial charge in [-0.1, -0.05) is 48.0 Å². The zero-order chi connectivity index (χ0) is 23.9. The number of aromatic nitrogens is 4. The molecule has 34 heavy (non-hydrogen) atoms. The van der Waals surface area contributed by atoms with Gasteiger partial charge < -0.3 is 5.32 Å². The molecule has 0 saturated heterocycles. The second kappa shape index (κ2) is 8.35. The number of rotatable bonds is 5. The molecule has 0 amide bonds. The number of anilines is 2. The van der Waals surface area contributed by atoms with Crippen LogP contribution in [0.15, 0.2) is 83.9 Å². The molecule has 170 valence electrons. The van der Waals surface area contributed by atoms with Gasteiger partial charge in [-0.3, -0.25) is 0 Å². The fourth-order valence-electron chi connectivity index (χ4n) is 3.73. The molecule has 0 spiro atoms. The van der Waals surface area contributed by atoms with Crippen LogP contribution in [-0.4, -0.2) is 27.3 Å². The number of aryl methyl sites for hydroxylation is 2. The van der Waals surface area contributed by atoms with E-state index in [2.05, 4.69) is 20.3 Å². The van der Waals surface area contributed by atoms with Crippen molar-refractivity contribution >= 4 is 32.6 Å². The third-order valence-corrected chi connectivity index (χ3v) is 7.18. The highest BCUT2D eigenvalue weighted by atomic mass is 32.2. The normalized spacial score (nSPS) is 11.6. The third-order valence-electron chi connectivity index (χ3n) is 5.37. The van der Waals surface area contributed by atoms with Gasteiger partial charge in [0.05, 0.1) is 10.3 Å². The summed E-state index contributed by atoms with van der Waals surface area (Å²) >= 11 is 0. The van der Waals surface area contributed by atoms with E-state index in [1.807, 2.05) is 37.3 Å². The van der Waals surface area contributed by atoms with Crippen molar-refractivity contribution < 1.29 is 12.8 Å². The van der Waals surface area contributed by atoms with Crippen LogP contribution < -0.4 is 5.32 Å². The van der Waals surface area contributed by atoms with Gasteiger partial charge in [0, 0.05) is 29.2 Å². The van der Waals surface area contributed by atoms with Gasteiger partial charge in [-0.2, -0.15) is 4.39 Å². The molecule has 2 aromatic carbocycles. The number of pyridine rings is 1. The summed E-state index contributed by atoms with van der Waals surface area (Å²) in [5.41, 5.74) is 2.80. The maximum absolute atomic E-state index is 13.7. The molecule has 0 unspecified atom stereocenters. The van der Waals surface area contributed by atoms with E-state index in [1.165, 1.54) is 16.2 Å². The van der Waals surface area contributed by atoms with Crippen LogP contribution in [0, 0.1) is 19.8 Å². The van der Waals surface area contributed by atoms with Crippen molar-refractivity contribution in [1.82, 2.24) is 18.9 Å². The molecule has 5 rings (SSSR count). The average Bonchev–Trinajstić information content (AvgIpc) is 3.17. The highest BCUT2D eigenvalue weighted by Gasteiger charge is 2.25. The Balaban J connectivity index is 1.76. The van der Waals surface area contributed by atoms with Crippen LogP contribution in [0.1, 0.15) is 11.3 Å². The maximum atomic E-state index is 13.7. The van der Waals surface area contributed by atoms with Gasteiger partial charge >= 0.3 is 0 Å². The molecule has 0 fully saturated rings. The molecule has 0 atom stereocenters. The largest absolute Gasteiger partial charge is 0.339 e. The Morgan fingerprint density at radius 3 is 2.35 bits per heavy atom. The van der Waals surface area contributed by atoms with E-state index in [9.17, 15) is 12.8 Å². The first-order valence-electron chi connectivity index (χ1n) is 10.5. The molecule has 9 heteroatoms. The Morgan fingerprint density at radius 2 is 1.65 bits per heavy atom. The number of benzene rings is 2. The highest BCUT2D eigenvalue weighted by Crippen LogP contribution is 2.32. The zero-order valence-corrected chi connectivity index (χ0v) is 19.2.